The Bertz CT molecular complexity index is 347. The van der Waals surface area contributed by atoms with E-state index in [0.29, 0.717) is 0 Å². The highest BCUT2D eigenvalue weighted by molar-refractivity contribution is 9.09. The van der Waals surface area contributed by atoms with Crippen LogP contribution in [0.1, 0.15) is 27.9 Å². The molecule has 82 valence electrons. The van der Waals surface area contributed by atoms with Crippen LogP contribution in [-0.2, 0) is 11.2 Å². The number of esters is 1. The van der Waals surface area contributed by atoms with Crippen LogP contribution < -0.4 is 0 Å². The van der Waals surface area contributed by atoms with E-state index >= 15 is 0 Å². The first kappa shape index (κ1) is 12.2. The van der Waals surface area contributed by atoms with E-state index in [4.69, 9.17) is 4.74 Å². The zero-order valence-corrected chi connectivity index (χ0v) is 10.6. The van der Waals surface area contributed by atoms with Gasteiger partial charge in [0.25, 0.3) is 0 Å². The Morgan fingerprint density at radius 2 is 2.20 bits per heavy atom. The smallest absolute Gasteiger partial charge is 0.338 e. The van der Waals surface area contributed by atoms with E-state index in [0.717, 1.165) is 34.9 Å². The molecule has 2 nitrogen and oxygen atoms in total. The van der Waals surface area contributed by atoms with E-state index in [-0.39, 0.29) is 5.97 Å². The molecule has 0 amide bonds. The number of alkyl halides is 1. The molecular weight excluding hydrogens is 256 g/mol. The van der Waals surface area contributed by atoms with Crippen molar-refractivity contribution in [2.45, 2.75) is 19.8 Å². The molecule has 0 aliphatic rings. The van der Waals surface area contributed by atoms with Gasteiger partial charge in [0.1, 0.15) is 0 Å². The van der Waals surface area contributed by atoms with Gasteiger partial charge in [0.15, 0.2) is 0 Å². The van der Waals surface area contributed by atoms with Gasteiger partial charge in [-0.25, -0.2) is 4.79 Å². The second kappa shape index (κ2) is 5.91. The maximum absolute atomic E-state index is 11.6. The normalized spacial score (nSPS) is 10.1. The predicted octanol–water partition coefficient (Wildman–Crippen LogP) is 3.11. The zero-order chi connectivity index (χ0) is 11.3. The van der Waals surface area contributed by atoms with Crippen LogP contribution in [0.5, 0.6) is 0 Å². The van der Waals surface area contributed by atoms with Crippen LogP contribution in [-0.4, -0.2) is 18.4 Å². The lowest BCUT2D eigenvalue weighted by molar-refractivity contribution is 0.0598. The molecule has 0 saturated heterocycles. The van der Waals surface area contributed by atoms with Crippen molar-refractivity contribution >= 4 is 21.9 Å². The number of methoxy groups -OCH3 is 1. The van der Waals surface area contributed by atoms with Gasteiger partial charge in [0, 0.05) is 5.33 Å². The SMILES string of the molecule is COC(=O)c1c(C)cccc1CCCBr. The van der Waals surface area contributed by atoms with Gasteiger partial charge < -0.3 is 4.74 Å². The van der Waals surface area contributed by atoms with Crippen LogP contribution in [0, 0.1) is 6.92 Å². The topological polar surface area (TPSA) is 26.3 Å². The van der Waals surface area contributed by atoms with E-state index in [9.17, 15) is 4.79 Å². The Balaban J connectivity index is 3.03. The van der Waals surface area contributed by atoms with Crippen molar-refractivity contribution in [3.8, 4) is 0 Å². The lowest BCUT2D eigenvalue weighted by Crippen LogP contribution is -2.08. The van der Waals surface area contributed by atoms with Crippen LogP contribution in [0.3, 0.4) is 0 Å². The van der Waals surface area contributed by atoms with Gasteiger partial charge in [-0.3, -0.25) is 0 Å². The van der Waals surface area contributed by atoms with Gasteiger partial charge in [-0.15, -0.1) is 0 Å². The number of halogens is 1. The van der Waals surface area contributed by atoms with Gasteiger partial charge in [-0.05, 0) is 30.9 Å². The summed E-state index contributed by atoms with van der Waals surface area (Å²) in [6.07, 6.45) is 1.92. The van der Waals surface area contributed by atoms with E-state index in [1.54, 1.807) is 0 Å². The molecule has 0 radical (unpaired) electrons. The minimum absolute atomic E-state index is 0.238. The summed E-state index contributed by atoms with van der Waals surface area (Å²) in [5, 5.41) is 0.946. The van der Waals surface area contributed by atoms with E-state index in [1.807, 2.05) is 25.1 Å². The molecule has 0 atom stereocenters. The quantitative estimate of drug-likeness (QED) is 0.621. The molecule has 1 rings (SSSR count). The number of hydrogen-bond donors (Lipinski definition) is 0. The average molecular weight is 271 g/mol. The van der Waals surface area contributed by atoms with Crippen LogP contribution in [0.2, 0.25) is 0 Å². The third-order valence-electron chi connectivity index (χ3n) is 2.33. The molecule has 0 fully saturated rings. The lowest BCUT2D eigenvalue weighted by atomic mass is 9.99. The Morgan fingerprint density at radius 1 is 1.47 bits per heavy atom. The van der Waals surface area contributed by atoms with Crippen LogP contribution >= 0.6 is 15.9 Å². The second-order valence-electron chi connectivity index (χ2n) is 3.39. The number of aryl methyl sites for hydroxylation is 2. The summed E-state index contributed by atoms with van der Waals surface area (Å²) in [7, 11) is 1.42. The van der Waals surface area contributed by atoms with Crippen molar-refractivity contribution in [1.82, 2.24) is 0 Å². The molecule has 0 bridgehead atoms. The molecule has 0 heterocycles. The van der Waals surface area contributed by atoms with Gasteiger partial charge >= 0.3 is 5.97 Å². The maximum Gasteiger partial charge on any atom is 0.338 e. The largest absolute Gasteiger partial charge is 0.465 e. The maximum atomic E-state index is 11.6. The first-order chi connectivity index (χ1) is 7.20. The summed E-state index contributed by atoms with van der Waals surface area (Å²) in [6, 6.07) is 5.90. The minimum atomic E-state index is -0.238. The van der Waals surface area contributed by atoms with Crippen LogP contribution in [0.25, 0.3) is 0 Å². The molecule has 1 aromatic carbocycles. The number of carbonyl (C=O) groups is 1. The number of benzene rings is 1. The molecule has 0 saturated carbocycles. The molecule has 0 N–H and O–H groups in total. The molecule has 0 aliphatic heterocycles. The summed E-state index contributed by atoms with van der Waals surface area (Å²) < 4.78 is 4.79. The number of rotatable bonds is 4. The van der Waals surface area contributed by atoms with Crippen LogP contribution in [0.4, 0.5) is 0 Å². The second-order valence-corrected chi connectivity index (χ2v) is 4.19. The van der Waals surface area contributed by atoms with E-state index < -0.39 is 0 Å². The summed E-state index contributed by atoms with van der Waals surface area (Å²) in [4.78, 5) is 11.6. The van der Waals surface area contributed by atoms with Crippen molar-refractivity contribution < 1.29 is 9.53 Å². The third kappa shape index (κ3) is 3.06. The van der Waals surface area contributed by atoms with E-state index in [1.165, 1.54) is 7.11 Å². The molecule has 1 aromatic rings. The number of ether oxygens (including phenoxy) is 1. The Labute approximate surface area is 98.8 Å². The summed E-state index contributed by atoms with van der Waals surface area (Å²) >= 11 is 3.39. The summed E-state index contributed by atoms with van der Waals surface area (Å²) in [5.41, 5.74) is 2.77. The predicted molar refractivity (Wildman–Crippen MR) is 64.6 cm³/mol. The van der Waals surface area contributed by atoms with Gasteiger partial charge in [0.05, 0.1) is 12.7 Å². The number of hydrogen-bond acceptors (Lipinski definition) is 2. The van der Waals surface area contributed by atoms with Gasteiger partial charge in [-0.1, -0.05) is 34.1 Å². The van der Waals surface area contributed by atoms with Gasteiger partial charge in [-0.2, -0.15) is 0 Å². The minimum Gasteiger partial charge on any atom is -0.465 e. The molecule has 0 spiro atoms. The third-order valence-corrected chi connectivity index (χ3v) is 2.89. The fourth-order valence-electron chi connectivity index (χ4n) is 1.59. The number of carbonyl (C=O) groups excluding carboxylic acids is 1. The molecule has 0 unspecified atom stereocenters. The fraction of sp³-hybridized carbons (Fsp3) is 0.417. The zero-order valence-electron chi connectivity index (χ0n) is 9.05. The first-order valence-electron chi connectivity index (χ1n) is 4.93. The van der Waals surface area contributed by atoms with E-state index in [2.05, 4.69) is 15.9 Å². The van der Waals surface area contributed by atoms with Crippen molar-refractivity contribution in [1.29, 1.82) is 0 Å². The standard InChI is InChI=1S/C12H15BrO2/c1-9-5-3-6-10(7-4-8-13)11(9)12(14)15-2/h3,5-6H,4,7-8H2,1-2H3. The summed E-state index contributed by atoms with van der Waals surface area (Å²) in [5.74, 6) is -0.238. The molecular formula is C12H15BrO2. The highest BCUT2D eigenvalue weighted by atomic mass is 79.9. The first-order valence-corrected chi connectivity index (χ1v) is 6.05. The average Bonchev–Trinajstić information content (AvgIpc) is 2.25. The molecule has 0 aliphatic carbocycles. The van der Waals surface area contributed by atoms with Crippen molar-refractivity contribution in [2.75, 3.05) is 12.4 Å². The Kier molecular flexibility index (Phi) is 4.82. The molecule has 0 aromatic heterocycles. The molecule has 15 heavy (non-hydrogen) atoms. The monoisotopic (exact) mass is 270 g/mol. The highest BCUT2D eigenvalue weighted by Crippen LogP contribution is 2.17. The highest BCUT2D eigenvalue weighted by Gasteiger charge is 2.13. The Morgan fingerprint density at radius 3 is 2.80 bits per heavy atom. The van der Waals surface area contributed by atoms with Crippen molar-refractivity contribution in [2.24, 2.45) is 0 Å². The fourth-order valence-corrected chi connectivity index (χ4v) is 1.87. The van der Waals surface area contributed by atoms with Crippen LogP contribution in [0.15, 0.2) is 18.2 Å². The summed E-state index contributed by atoms with van der Waals surface area (Å²) in [6.45, 7) is 1.93. The lowest BCUT2D eigenvalue weighted by Gasteiger charge is -2.09. The van der Waals surface area contributed by atoms with Crippen molar-refractivity contribution in [3.05, 3.63) is 34.9 Å². The molecule has 3 heteroatoms. The Hall–Kier alpha value is -0.830. The van der Waals surface area contributed by atoms with Crippen molar-refractivity contribution in [3.63, 3.8) is 0 Å². The van der Waals surface area contributed by atoms with Gasteiger partial charge in [0.2, 0.25) is 0 Å².